The van der Waals surface area contributed by atoms with E-state index in [9.17, 15) is 9.59 Å². The molecule has 3 aromatic carbocycles. The molecule has 140 valence electrons. The zero-order valence-corrected chi connectivity index (χ0v) is 15.3. The summed E-state index contributed by atoms with van der Waals surface area (Å²) in [4.78, 5) is 26.7. The lowest BCUT2D eigenvalue weighted by Gasteiger charge is -2.17. The van der Waals surface area contributed by atoms with Crippen molar-refractivity contribution in [2.24, 2.45) is 0 Å². The summed E-state index contributed by atoms with van der Waals surface area (Å²) < 4.78 is 5.47. The molecule has 1 N–H and O–H groups in total. The number of ether oxygens (including phenoxy) is 1. The number of carbonyl (C=O) groups is 2. The van der Waals surface area contributed by atoms with Crippen LogP contribution in [0, 0.1) is 0 Å². The van der Waals surface area contributed by atoms with Crippen LogP contribution in [0.4, 0.5) is 11.4 Å². The Hall–Kier alpha value is -3.60. The second-order valence-corrected chi connectivity index (χ2v) is 6.57. The first-order valence-corrected chi connectivity index (χ1v) is 9.18. The van der Waals surface area contributed by atoms with E-state index < -0.39 is 0 Å². The van der Waals surface area contributed by atoms with Crippen LogP contribution in [0.5, 0.6) is 5.75 Å². The second-order valence-electron chi connectivity index (χ2n) is 6.57. The van der Waals surface area contributed by atoms with Gasteiger partial charge < -0.3 is 15.0 Å². The lowest BCUT2D eigenvalue weighted by atomic mass is 10.1. The maximum atomic E-state index is 12.7. The van der Waals surface area contributed by atoms with Crippen molar-refractivity contribution in [1.82, 2.24) is 0 Å². The summed E-state index contributed by atoms with van der Waals surface area (Å²) in [7, 11) is 0. The Morgan fingerprint density at radius 3 is 2.39 bits per heavy atom. The van der Waals surface area contributed by atoms with Gasteiger partial charge in [0.15, 0.2) is 6.61 Å². The molecule has 5 heteroatoms. The molecular weight excluding hydrogens is 352 g/mol. The monoisotopic (exact) mass is 372 g/mol. The van der Waals surface area contributed by atoms with Crippen LogP contribution in [0.3, 0.4) is 0 Å². The highest BCUT2D eigenvalue weighted by atomic mass is 16.5. The molecule has 0 atom stereocenters. The molecule has 0 bridgehead atoms. The number of anilines is 2. The van der Waals surface area contributed by atoms with Gasteiger partial charge in [-0.15, -0.1) is 0 Å². The standard InChI is InChI=1S/C23H20N2O3/c26-22(16-28-20-9-5-2-6-10-20)24-19-11-12-21-18(15-19)13-14-25(21)23(27)17-7-3-1-4-8-17/h1-12,15H,13-14,16H2,(H,24,26). The number of nitrogens with one attached hydrogen (secondary N) is 1. The molecule has 1 heterocycles. The number of nitrogens with zero attached hydrogens (tertiary/aromatic N) is 1. The van der Waals surface area contributed by atoms with Crippen molar-refractivity contribution < 1.29 is 14.3 Å². The maximum absolute atomic E-state index is 12.7. The lowest BCUT2D eigenvalue weighted by molar-refractivity contribution is -0.118. The van der Waals surface area contributed by atoms with Gasteiger partial charge >= 0.3 is 0 Å². The highest BCUT2D eigenvalue weighted by molar-refractivity contribution is 6.07. The van der Waals surface area contributed by atoms with Crippen molar-refractivity contribution in [3.05, 3.63) is 90.0 Å². The predicted molar refractivity (Wildman–Crippen MR) is 109 cm³/mol. The average molecular weight is 372 g/mol. The number of para-hydroxylation sites is 1. The Morgan fingerprint density at radius 2 is 1.64 bits per heavy atom. The number of hydrogen-bond donors (Lipinski definition) is 1. The Kier molecular flexibility index (Phi) is 5.06. The minimum Gasteiger partial charge on any atom is -0.484 e. The zero-order valence-electron chi connectivity index (χ0n) is 15.3. The van der Waals surface area contributed by atoms with Crippen LogP contribution in [-0.2, 0) is 11.2 Å². The van der Waals surface area contributed by atoms with E-state index in [2.05, 4.69) is 5.32 Å². The van der Waals surface area contributed by atoms with E-state index >= 15 is 0 Å². The molecule has 1 aliphatic rings. The van der Waals surface area contributed by atoms with Gasteiger partial charge in [-0.25, -0.2) is 0 Å². The minimum absolute atomic E-state index is 0.00704. The molecule has 0 fully saturated rings. The van der Waals surface area contributed by atoms with Gasteiger partial charge in [-0.3, -0.25) is 9.59 Å². The Labute approximate surface area is 163 Å². The van der Waals surface area contributed by atoms with Crippen molar-refractivity contribution in [1.29, 1.82) is 0 Å². The smallest absolute Gasteiger partial charge is 0.262 e. The molecule has 0 saturated carbocycles. The summed E-state index contributed by atoms with van der Waals surface area (Å²) in [6, 6.07) is 24.1. The summed E-state index contributed by atoms with van der Waals surface area (Å²) in [5.41, 5.74) is 3.32. The van der Waals surface area contributed by atoms with Crippen molar-refractivity contribution in [2.75, 3.05) is 23.4 Å². The number of fused-ring (bicyclic) bond motifs is 1. The normalized spacial score (nSPS) is 12.4. The molecule has 0 aliphatic carbocycles. The fourth-order valence-corrected chi connectivity index (χ4v) is 3.29. The second kappa shape index (κ2) is 7.96. The fraction of sp³-hybridized carbons (Fsp3) is 0.130. The minimum atomic E-state index is -0.223. The Balaban J connectivity index is 1.41. The van der Waals surface area contributed by atoms with Crippen molar-refractivity contribution in [3.8, 4) is 5.75 Å². The van der Waals surface area contributed by atoms with Crippen molar-refractivity contribution in [3.63, 3.8) is 0 Å². The van der Waals surface area contributed by atoms with E-state index in [-0.39, 0.29) is 18.4 Å². The van der Waals surface area contributed by atoms with Crippen LogP contribution in [0.25, 0.3) is 0 Å². The Morgan fingerprint density at radius 1 is 0.929 bits per heavy atom. The molecule has 1 aliphatic heterocycles. The van der Waals surface area contributed by atoms with E-state index in [0.29, 0.717) is 23.5 Å². The van der Waals surface area contributed by atoms with Crippen molar-refractivity contribution >= 4 is 23.2 Å². The molecule has 0 unspecified atom stereocenters. The summed E-state index contributed by atoms with van der Waals surface area (Å²) in [5, 5.41) is 2.85. The van der Waals surface area contributed by atoms with Crippen LogP contribution in [0.15, 0.2) is 78.9 Å². The van der Waals surface area contributed by atoms with Gasteiger partial charge in [0.05, 0.1) is 0 Å². The molecule has 3 aromatic rings. The third kappa shape index (κ3) is 3.88. The lowest BCUT2D eigenvalue weighted by Crippen LogP contribution is -2.28. The third-order valence-electron chi connectivity index (χ3n) is 4.64. The number of amides is 2. The number of rotatable bonds is 5. The fourth-order valence-electron chi connectivity index (χ4n) is 3.29. The van der Waals surface area contributed by atoms with Crippen molar-refractivity contribution in [2.45, 2.75) is 6.42 Å². The first-order valence-electron chi connectivity index (χ1n) is 9.18. The van der Waals surface area contributed by atoms with Gasteiger partial charge in [0.2, 0.25) is 0 Å². The molecule has 2 amide bonds. The van der Waals surface area contributed by atoms with Gasteiger partial charge in [0.25, 0.3) is 11.8 Å². The maximum Gasteiger partial charge on any atom is 0.262 e. The molecule has 0 saturated heterocycles. The van der Waals surface area contributed by atoms with Gasteiger partial charge in [0.1, 0.15) is 5.75 Å². The van der Waals surface area contributed by atoms with Gasteiger partial charge in [0, 0.05) is 23.5 Å². The van der Waals surface area contributed by atoms with E-state index in [1.807, 2.05) is 66.7 Å². The van der Waals surface area contributed by atoms with Crippen LogP contribution in [-0.4, -0.2) is 25.0 Å². The average Bonchev–Trinajstić information content (AvgIpc) is 3.16. The predicted octanol–water partition coefficient (Wildman–Crippen LogP) is 3.91. The van der Waals surface area contributed by atoms with Crippen LogP contribution < -0.4 is 15.0 Å². The molecule has 5 nitrogen and oxygen atoms in total. The number of hydrogen-bond acceptors (Lipinski definition) is 3. The topological polar surface area (TPSA) is 58.6 Å². The zero-order chi connectivity index (χ0) is 19.3. The summed E-state index contributed by atoms with van der Waals surface area (Å²) in [6.45, 7) is 0.581. The van der Waals surface area contributed by atoms with Crippen LogP contribution in [0.1, 0.15) is 15.9 Å². The SMILES string of the molecule is O=C(COc1ccccc1)Nc1ccc2c(c1)CCN2C(=O)c1ccccc1. The van der Waals surface area contributed by atoms with E-state index in [4.69, 9.17) is 4.74 Å². The number of benzene rings is 3. The van der Waals surface area contributed by atoms with E-state index in [1.165, 1.54) is 0 Å². The quantitative estimate of drug-likeness (QED) is 0.739. The molecular formula is C23H20N2O3. The molecule has 28 heavy (non-hydrogen) atoms. The van der Waals surface area contributed by atoms with Crippen LogP contribution in [0.2, 0.25) is 0 Å². The summed E-state index contributed by atoms with van der Waals surface area (Å²) >= 11 is 0. The van der Waals surface area contributed by atoms with Gasteiger partial charge in [-0.2, -0.15) is 0 Å². The van der Waals surface area contributed by atoms with E-state index in [0.717, 1.165) is 17.7 Å². The highest BCUT2D eigenvalue weighted by Gasteiger charge is 2.25. The third-order valence-corrected chi connectivity index (χ3v) is 4.64. The molecule has 4 rings (SSSR count). The highest BCUT2D eigenvalue weighted by Crippen LogP contribution is 2.31. The Bertz CT molecular complexity index is 987. The molecule has 0 aromatic heterocycles. The van der Waals surface area contributed by atoms with Crippen LogP contribution >= 0.6 is 0 Å². The summed E-state index contributed by atoms with van der Waals surface area (Å²) in [5.74, 6) is 0.424. The largest absolute Gasteiger partial charge is 0.484 e. The number of carbonyl (C=O) groups excluding carboxylic acids is 2. The summed E-state index contributed by atoms with van der Waals surface area (Å²) in [6.07, 6.45) is 0.762. The first-order chi connectivity index (χ1) is 13.7. The van der Waals surface area contributed by atoms with E-state index in [1.54, 1.807) is 17.0 Å². The molecule has 0 spiro atoms. The molecule has 0 radical (unpaired) electrons. The van der Waals surface area contributed by atoms with Gasteiger partial charge in [-0.05, 0) is 54.4 Å². The van der Waals surface area contributed by atoms with Gasteiger partial charge in [-0.1, -0.05) is 36.4 Å². The first kappa shape index (κ1) is 17.8.